The molecule has 0 heterocycles. The van der Waals surface area contributed by atoms with Crippen molar-refractivity contribution in [2.24, 2.45) is 0 Å². The molecule has 1 aromatic rings. The number of rotatable bonds is 7. The number of carbonyl (C=O) groups is 2. The zero-order valence-corrected chi connectivity index (χ0v) is 13.2. The number of halogens is 1. The van der Waals surface area contributed by atoms with Gasteiger partial charge in [0, 0.05) is 5.56 Å². The number of aldehydes is 1. The number of hydrogen-bond acceptors (Lipinski definition) is 5. The van der Waals surface area contributed by atoms with Gasteiger partial charge in [0.05, 0.1) is 17.7 Å². The van der Waals surface area contributed by atoms with Gasteiger partial charge in [-0.15, -0.1) is 0 Å². The van der Waals surface area contributed by atoms with E-state index in [1.165, 1.54) is 0 Å². The normalized spacial score (nSPS) is 11.6. The lowest BCUT2D eigenvalue weighted by molar-refractivity contribution is -0.150. The van der Waals surface area contributed by atoms with E-state index in [0.717, 1.165) is 0 Å². The van der Waals surface area contributed by atoms with E-state index >= 15 is 0 Å². The molecule has 0 aliphatic rings. The van der Waals surface area contributed by atoms with E-state index in [0.29, 0.717) is 34.4 Å². The first kappa shape index (κ1) is 16.5. The summed E-state index contributed by atoms with van der Waals surface area (Å²) in [5.74, 6) is 0.319. The molecule has 0 spiro atoms. The second-order valence-electron chi connectivity index (χ2n) is 3.89. The van der Waals surface area contributed by atoms with E-state index in [9.17, 15) is 9.59 Å². The average molecular weight is 345 g/mol. The third-order valence-corrected chi connectivity index (χ3v) is 2.97. The summed E-state index contributed by atoms with van der Waals surface area (Å²) >= 11 is 3.31. The van der Waals surface area contributed by atoms with E-state index in [1.54, 1.807) is 26.0 Å². The minimum absolute atomic E-state index is 0.288. The quantitative estimate of drug-likeness (QED) is 0.562. The maximum Gasteiger partial charge on any atom is 0.347 e. The molecule has 0 saturated heterocycles. The Kier molecular flexibility index (Phi) is 6.51. The predicted molar refractivity (Wildman–Crippen MR) is 77.4 cm³/mol. The minimum Gasteiger partial charge on any atom is -0.490 e. The van der Waals surface area contributed by atoms with Gasteiger partial charge in [0.2, 0.25) is 0 Å². The summed E-state index contributed by atoms with van der Waals surface area (Å²) in [6, 6.07) is 3.16. The molecule has 0 aliphatic carbocycles. The lowest BCUT2D eigenvalue weighted by Gasteiger charge is -2.18. The highest BCUT2D eigenvalue weighted by atomic mass is 79.9. The van der Waals surface area contributed by atoms with Crippen molar-refractivity contribution in [3.05, 3.63) is 22.2 Å². The van der Waals surface area contributed by atoms with Crippen LogP contribution in [-0.4, -0.2) is 31.6 Å². The van der Waals surface area contributed by atoms with Crippen LogP contribution in [0.3, 0.4) is 0 Å². The van der Waals surface area contributed by atoms with E-state index < -0.39 is 12.1 Å². The van der Waals surface area contributed by atoms with Crippen LogP contribution >= 0.6 is 15.9 Å². The Hall–Kier alpha value is -1.56. The highest BCUT2D eigenvalue weighted by Crippen LogP contribution is 2.37. The summed E-state index contributed by atoms with van der Waals surface area (Å²) in [6.07, 6.45) is -0.0567. The maximum atomic E-state index is 11.6. The van der Waals surface area contributed by atoms with E-state index in [-0.39, 0.29) is 6.61 Å². The Bertz CT molecular complexity index is 487. The third-order valence-electron chi connectivity index (χ3n) is 2.38. The molecule has 6 heteroatoms. The van der Waals surface area contributed by atoms with Crippen LogP contribution in [0.15, 0.2) is 16.6 Å². The molecule has 1 unspecified atom stereocenters. The topological polar surface area (TPSA) is 61.8 Å². The molecule has 0 N–H and O–H groups in total. The van der Waals surface area contributed by atoms with Gasteiger partial charge in [0.15, 0.2) is 17.6 Å². The van der Waals surface area contributed by atoms with Crippen LogP contribution < -0.4 is 9.47 Å². The summed E-state index contributed by atoms with van der Waals surface area (Å²) in [6.45, 7) is 5.84. The summed E-state index contributed by atoms with van der Waals surface area (Å²) in [4.78, 5) is 22.4. The van der Waals surface area contributed by atoms with Crippen LogP contribution in [-0.2, 0) is 9.53 Å². The van der Waals surface area contributed by atoms with Crippen LogP contribution in [0.2, 0.25) is 0 Å². The minimum atomic E-state index is -0.771. The molecular formula is C14H17BrO5. The van der Waals surface area contributed by atoms with Gasteiger partial charge in [-0.25, -0.2) is 4.79 Å². The smallest absolute Gasteiger partial charge is 0.347 e. The Morgan fingerprint density at radius 2 is 2.05 bits per heavy atom. The molecule has 1 rings (SSSR count). The number of hydrogen-bond donors (Lipinski definition) is 0. The van der Waals surface area contributed by atoms with Gasteiger partial charge in [-0.05, 0) is 48.8 Å². The summed E-state index contributed by atoms with van der Waals surface area (Å²) in [5, 5.41) is 0. The molecule has 20 heavy (non-hydrogen) atoms. The van der Waals surface area contributed by atoms with Gasteiger partial charge in [-0.2, -0.15) is 0 Å². The Balaban J connectivity index is 3.03. The van der Waals surface area contributed by atoms with Gasteiger partial charge in [-0.1, -0.05) is 0 Å². The molecular weight excluding hydrogens is 328 g/mol. The Morgan fingerprint density at radius 3 is 2.60 bits per heavy atom. The lowest BCUT2D eigenvalue weighted by atomic mass is 10.2. The van der Waals surface area contributed by atoms with Gasteiger partial charge < -0.3 is 14.2 Å². The lowest BCUT2D eigenvalue weighted by Crippen LogP contribution is -2.26. The number of benzene rings is 1. The fraction of sp³-hybridized carbons (Fsp3) is 0.429. The number of carbonyl (C=O) groups excluding carboxylic acids is 2. The number of ether oxygens (including phenoxy) is 3. The van der Waals surface area contributed by atoms with Gasteiger partial charge in [0.1, 0.15) is 6.29 Å². The van der Waals surface area contributed by atoms with E-state index in [4.69, 9.17) is 14.2 Å². The Morgan fingerprint density at radius 1 is 1.35 bits per heavy atom. The summed E-state index contributed by atoms with van der Waals surface area (Å²) < 4.78 is 16.4. The second-order valence-corrected chi connectivity index (χ2v) is 4.75. The van der Waals surface area contributed by atoms with Crippen molar-refractivity contribution < 1.29 is 23.8 Å². The maximum absolute atomic E-state index is 11.6. The van der Waals surface area contributed by atoms with Gasteiger partial charge in [-0.3, -0.25) is 4.79 Å². The molecule has 110 valence electrons. The zero-order chi connectivity index (χ0) is 15.1. The molecule has 0 aliphatic heterocycles. The fourth-order valence-corrected chi connectivity index (χ4v) is 2.07. The van der Waals surface area contributed by atoms with Crippen molar-refractivity contribution in [1.82, 2.24) is 0 Å². The molecule has 0 bridgehead atoms. The van der Waals surface area contributed by atoms with Crippen LogP contribution in [0.4, 0.5) is 0 Å². The molecule has 1 atom stereocenters. The van der Waals surface area contributed by atoms with Crippen molar-refractivity contribution in [3.8, 4) is 11.5 Å². The first-order valence-electron chi connectivity index (χ1n) is 6.28. The monoisotopic (exact) mass is 344 g/mol. The van der Waals surface area contributed by atoms with Crippen molar-refractivity contribution in [1.29, 1.82) is 0 Å². The third kappa shape index (κ3) is 4.23. The second kappa shape index (κ2) is 7.89. The highest BCUT2D eigenvalue weighted by Gasteiger charge is 2.20. The van der Waals surface area contributed by atoms with Crippen LogP contribution in [0.1, 0.15) is 31.1 Å². The predicted octanol–water partition coefficient (Wildman–Crippen LogP) is 2.99. The fourth-order valence-electron chi connectivity index (χ4n) is 1.52. The molecule has 5 nitrogen and oxygen atoms in total. The van der Waals surface area contributed by atoms with E-state index in [1.807, 2.05) is 6.92 Å². The van der Waals surface area contributed by atoms with Crippen LogP contribution in [0, 0.1) is 0 Å². The summed E-state index contributed by atoms with van der Waals surface area (Å²) in [7, 11) is 0. The first-order valence-corrected chi connectivity index (χ1v) is 7.07. The molecule has 0 aromatic heterocycles. The standard InChI is InChI=1S/C14H17BrO5/c1-4-18-12-7-10(8-16)6-11(15)13(12)20-9(3)14(17)19-5-2/h6-9H,4-5H2,1-3H3. The van der Waals surface area contributed by atoms with Crippen molar-refractivity contribution in [2.45, 2.75) is 26.9 Å². The van der Waals surface area contributed by atoms with Gasteiger partial charge >= 0.3 is 5.97 Å². The van der Waals surface area contributed by atoms with Gasteiger partial charge in [0.25, 0.3) is 0 Å². The van der Waals surface area contributed by atoms with E-state index in [2.05, 4.69) is 15.9 Å². The highest BCUT2D eigenvalue weighted by molar-refractivity contribution is 9.10. The van der Waals surface area contributed by atoms with Crippen molar-refractivity contribution in [3.63, 3.8) is 0 Å². The van der Waals surface area contributed by atoms with Crippen molar-refractivity contribution in [2.75, 3.05) is 13.2 Å². The average Bonchev–Trinajstić information content (AvgIpc) is 2.42. The summed E-state index contributed by atoms with van der Waals surface area (Å²) in [5.41, 5.74) is 0.455. The SMILES string of the molecule is CCOC(=O)C(C)Oc1c(Br)cc(C=O)cc1OCC. The molecule has 0 radical (unpaired) electrons. The molecule has 0 fully saturated rings. The molecule has 0 saturated carbocycles. The zero-order valence-electron chi connectivity index (χ0n) is 11.6. The number of esters is 1. The largest absolute Gasteiger partial charge is 0.490 e. The molecule has 0 amide bonds. The van der Waals surface area contributed by atoms with Crippen LogP contribution in [0.5, 0.6) is 11.5 Å². The Labute approximate surface area is 126 Å². The van der Waals surface area contributed by atoms with Crippen molar-refractivity contribution >= 4 is 28.2 Å². The molecule has 1 aromatic carbocycles. The van der Waals surface area contributed by atoms with Crippen LogP contribution in [0.25, 0.3) is 0 Å². The first-order chi connectivity index (χ1) is 9.53.